The Morgan fingerprint density at radius 2 is 1.75 bits per heavy atom. The number of halogens is 2. The Hall–Kier alpha value is -1.65. The summed E-state index contributed by atoms with van der Waals surface area (Å²) in [5, 5.41) is 10.0. The molecule has 1 aromatic heterocycles. The molecule has 0 aliphatic heterocycles. The molecule has 0 fully saturated rings. The average molecular weight is 311 g/mol. The van der Waals surface area contributed by atoms with E-state index in [1.807, 2.05) is 6.07 Å². The number of benzene rings is 1. The molecule has 1 heterocycles. The van der Waals surface area contributed by atoms with Crippen molar-refractivity contribution in [2.24, 2.45) is 0 Å². The number of aromatic nitrogens is 2. The third-order valence-electron chi connectivity index (χ3n) is 2.88. The lowest BCUT2D eigenvalue weighted by molar-refractivity contribution is 0.0694. The van der Waals surface area contributed by atoms with E-state index in [-0.39, 0.29) is 5.56 Å². The SMILES string of the molecule is Cc1nc(Cc2ccc(Cl)c(Cl)c2)nc(C)c1C(=O)O. The molecule has 0 spiro atoms. The fourth-order valence-electron chi connectivity index (χ4n) is 2.01. The molecule has 1 aromatic carbocycles. The van der Waals surface area contributed by atoms with Crippen molar-refractivity contribution >= 4 is 29.2 Å². The van der Waals surface area contributed by atoms with Crippen molar-refractivity contribution in [1.82, 2.24) is 9.97 Å². The summed E-state index contributed by atoms with van der Waals surface area (Å²) in [6.07, 6.45) is 0.471. The van der Waals surface area contributed by atoms with Gasteiger partial charge in [-0.15, -0.1) is 0 Å². The second-order valence-electron chi connectivity index (χ2n) is 4.42. The molecule has 0 amide bonds. The van der Waals surface area contributed by atoms with Crippen molar-refractivity contribution in [2.45, 2.75) is 20.3 Å². The first kappa shape index (κ1) is 14.8. The molecule has 1 N–H and O–H groups in total. The van der Waals surface area contributed by atoms with Crippen molar-refractivity contribution in [3.63, 3.8) is 0 Å². The van der Waals surface area contributed by atoms with Crippen molar-refractivity contribution in [1.29, 1.82) is 0 Å². The van der Waals surface area contributed by atoms with Crippen LogP contribution in [0.1, 0.15) is 33.1 Å². The first-order chi connectivity index (χ1) is 9.38. The van der Waals surface area contributed by atoms with Crippen molar-refractivity contribution in [3.05, 3.63) is 56.6 Å². The summed E-state index contributed by atoms with van der Waals surface area (Å²) >= 11 is 11.8. The van der Waals surface area contributed by atoms with E-state index in [1.54, 1.807) is 26.0 Å². The van der Waals surface area contributed by atoms with Crippen LogP contribution in [0.25, 0.3) is 0 Å². The number of aryl methyl sites for hydroxylation is 2. The maximum atomic E-state index is 11.1. The standard InChI is InChI=1S/C14H12Cl2N2O2/c1-7-13(14(19)20)8(2)18-12(17-7)6-9-3-4-10(15)11(16)5-9/h3-5H,6H2,1-2H3,(H,19,20). The van der Waals surface area contributed by atoms with Gasteiger partial charge in [-0.2, -0.15) is 0 Å². The molecule has 0 atom stereocenters. The van der Waals surface area contributed by atoms with E-state index in [2.05, 4.69) is 9.97 Å². The highest BCUT2D eigenvalue weighted by Crippen LogP contribution is 2.23. The summed E-state index contributed by atoms with van der Waals surface area (Å²) < 4.78 is 0. The number of nitrogens with zero attached hydrogens (tertiary/aromatic N) is 2. The van der Waals surface area contributed by atoms with Crippen LogP contribution in [0.4, 0.5) is 0 Å². The van der Waals surface area contributed by atoms with Crippen LogP contribution in [0.15, 0.2) is 18.2 Å². The maximum absolute atomic E-state index is 11.1. The smallest absolute Gasteiger partial charge is 0.339 e. The predicted molar refractivity (Wildman–Crippen MR) is 77.7 cm³/mol. The molecule has 0 aliphatic rings. The lowest BCUT2D eigenvalue weighted by Gasteiger charge is -2.08. The van der Waals surface area contributed by atoms with Gasteiger partial charge in [-0.25, -0.2) is 14.8 Å². The molecule has 0 saturated carbocycles. The van der Waals surface area contributed by atoms with Crippen LogP contribution in [0.3, 0.4) is 0 Å². The molecule has 20 heavy (non-hydrogen) atoms. The molecule has 0 unspecified atom stereocenters. The van der Waals surface area contributed by atoms with Gasteiger partial charge in [-0.1, -0.05) is 29.3 Å². The van der Waals surface area contributed by atoms with Crippen LogP contribution in [0.2, 0.25) is 10.0 Å². The minimum atomic E-state index is -1.01. The van der Waals surface area contributed by atoms with Crippen LogP contribution in [0, 0.1) is 13.8 Å². The molecule has 4 nitrogen and oxygen atoms in total. The zero-order chi connectivity index (χ0) is 14.9. The second kappa shape index (κ2) is 5.77. The van der Waals surface area contributed by atoms with E-state index < -0.39 is 5.97 Å². The fourth-order valence-corrected chi connectivity index (χ4v) is 2.33. The van der Waals surface area contributed by atoms with Gasteiger partial charge in [-0.05, 0) is 31.5 Å². The van der Waals surface area contributed by atoms with Gasteiger partial charge in [0.05, 0.1) is 21.4 Å². The van der Waals surface area contributed by atoms with E-state index in [4.69, 9.17) is 28.3 Å². The molecule has 6 heteroatoms. The monoisotopic (exact) mass is 310 g/mol. The third-order valence-corrected chi connectivity index (χ3v) is 3.62. The Morgan fingerprint density at radius 3 is 2.25 bits per heavy atom. The number of aromatic carboxylic acids is 1. The van der Waals surface area contributed by atoms with E-state index >= 15 is 0 Å². The van der Waals surface area contributed by atoms with Crippen molar-refractivity contribution in [3.8, 4) is 0 Å². The van der Waals surface area contributed by atoms with Crippen LogP contribution in [0.5, 0.6) is 0 Å². The topological polar surface area (TPSA) is 63.1 Å². The molecule has 104 valence electrons. The fraction of sp³-hybridized carbons (Fsp3) is 0.214. The van der Waals surface area contributed by atoms with Gasteiger partial charge in [-0.3, -0.25) is 0 Å². The molecule has 0 saturated heterocycles. The summed E-state index contributed by atoms with van der Waals surface area (Å²) in [7, 11) is 0. The van der Waals surface area contributed by atoms with E-state index in [9.17, 15) is 4.79 Å². The Balaban J connectivity index is 2.35. The average Bonchev–Trinajstić information content (AvgIpc) is 2.32. The molecular formula is C14H12Cl2N2O2. The third kappa shape index (κ3) is 3.08. The Kier molecular flexibility index (Phi) is 4.26. The van der Waals surface area contributed by atoms with E-state index in [0.29, 0.717) is 33.7 Å². The van der Waals surface area contributed by atoms with Crippen molar-refractivity contribution < 1.29 is 9.90 Å². The summed E-state index contributed by atoms with van der Waals surface area (Å²) in [6, 6.07) is 5.31. The number of carboxylic acid groups (broad SMARTS) is 1. The van der Waals surface area contributed by atoms with Gasteiger partial charge >= 0.3 is 5.97 Å². The predicted octanol–water partition coefficient (Wildman–Crippen LogP) is 3.69. The number of hydrogen-bond donors (Lipinski definition) is 1. The summed E-state index contributed by atoms with van der Waals surface area (Å²) in [5.41, 5.74) is 1.99. The largest absolute Gasteiger partial charge is 0.478 e. The van der Waals surface area contributed by atoms with Crippen LogP contribution in [-0.4, -0.2) is 21.0 Å². The lowest BCUT2D eigenvalue weighted by Crippen LogP contribution is -2.10. The summed E-state index contributed by atoms with van der Waals surface area (Å²) in [6.45, 7) is 3.33. The number of carbonyl (C=O) groups is 1. The number of rotatable bonds is 3. The highest BCUT2D eigenvalue weighted by atomic mass is 35.5. The highest BCUT2D eigenvalue weighted by molar-refractivity contribution is 6.42. The zero-order valence-electron chi connectivity index (χ0n) is 10.9. The molecule has 0 bridgehead atoms. The quantitative estimate of drug-likeness (QED) is 0.939. The van der Waals surface area contributed by atoms with Gasteiger partial charge in [0.1, 0.15) is 11.4 Å². The normalized spacial score (nSPS) is 10.6. The van der Waals surface area contributed by atoms with Gasteiger partial charge in [0.2, 0.25) is 0 Å². The van der Waals surface area contributed by atoms with Crippen LogP contribution < -0.4 is 0 Å². The van der Waals surface area contributed by atoms with Gasteiger partial charge in [0.15, 0.2) is 0 Å². The molecule has 2 aromatic rings. The van der Waals surface area contributed by atoms with Crippen LogP contribution >= 0.6 is 23.2 Å². The molecule has 0 radical (unpaired) electrons. The summed E-state index contributed by atoms with van der Waals surface area (Å²) in [4.78, 5) is 19.6. The van der Waals surface area contributed by atoms with Gasteiger partial charge < -0.3 is 5.11 Å². The van der Waals surface area contributed by atoms with E-state index in [1.165, 1.54) is 0 Å². The van der Waals surface area contributed by atoms with Crippen LogP contribution in [-0.2, 0) is 6.42 Å². The minimum Gasteiger partial charge on any atom is -0.478 e. The highest BCUT2D eigenvalue weighted by Gasteiger charge is 2.15. The Morgan fingerprint density at radius 1 is 1.15 bits per heavy atom. The number of hydrogen-bond acceptors (Lipinski definition) is 3. The van der Waals surface area contributed by atoms with E-state index in [0.717, 1.165) is 5.56 Å². The second-order valence-corrected chi connectivity index (χ2v) is 5.23. The summed E-state index contributed by atoms with van der Waals surface area (Å²) in [5.74, 6) is -0.454. The zero-order valence-corrected chi connectivity index (χ0v) is 12.5. The van der Waals surface area contributed by atoms with Gasteiger partial charge in [0.25, 0.3) is 0 Å². The maximum Gasteiger partial charge on any atom is 0.339 e. The van der Waals surface area contributed by atoms with Gasteiger partial charge in [0, 0.05) is 6.42 Å². The molecular weight excluding hydrogens is 299 g/mol. The first-order valence-electron chi connectivity index (χ1n) is 5.90. The minimum absolute atomic E-state index is 0.155. The Labute approximate surface area is 126 Å². The lowest BCUT2D eigenvalue weighted by atomic mass is 10.1. The molecule has 2 rings (SSSR count). The molecule has 0 aliphatic carbocycles. The number of carboxylic acids is 1. The Bertz CT molecular complexity index is 664. The van der Waals surface area contributed by atoms with Crippen molar-refractivity contribution in [2.75, 3.05) is 0 Å². The first-order valence-corrected chi connectivity index (χ1v) is 6.65.